The number of halogens is 2. The molecule has 0 spiro atoms. The Balaban J connectivity index is 0.00000176. The number of rotatable bonds is 4. The molecule has 5 nitrogen and oxygen atoms in total. The lowest BCUT2D eigenvalue weighted by Crippen LogP contribution is -2.27. The molecule has 1 aliphatic heterocycles. The average Bonchev–Trinajstić information content (AvgIpc) is 3.07. The highest BCUT2D eigenvalue weighted by Crippen LogP contribution is 2.25. The van der Waals surface area contributed by atoms with Gasteiger partial charge in [-0.25, -0.2) is 0 Å². The highest BCUT2D eigenvalue weighted by molar-refractivity contribution is 9.10. The van der Waals surface area contributed by atoms with E-state index in [1.807, 2.05) is 24.3 Å². The van der Waals surface area contributed by atoms with Gasteiger partial charge in [0.05, 0.1) is 6.54 Å². The fourth-order valence-electron chi connectivity index (χ4n) is 2.85. The summed E-state index contributed by atoms with van der Waals surface area (Å²) in [6, 6.07) is 8.41. The number of likely N-dealkylation sites (tertiary alicyclic amines) is 1. The van der Waals surface area contributed by atoms with Crippen LogP contribution in [0.2, 0.25) is 0 Å². The Kier molecular flexibility index (Phi) is 5.97. The number of benzene rings is 1. The minimum atomic E-state index is 0. The second-order valence-corrected chi connectivity index (χ2v) is 6.55. The number of hydrogen-bond donors (Lipinski definition) is 1. The molecule has 22 heavy (non-hydrogen) atoms. The van der Waals surface area contributed by atoms with Crippen LogP contribution in [-0.2, 0) is 6.54 Å². The Morgan fingerprint density at radius 3 is 2.95 bits per heavy atom. The van der Waals surface area contributed by atoms with Crippen LogP contribution in [0, 0.1) is 5.92 Å². The van der Waals surface area contributed by atoms with Crippen LogP contribution in [0.3, 0.4) is 0 Å². The Labute approximate surface area is 144 Å². The fraction of sp³-hybridized carbons (Fsp3) is 0.467. The van der Waals surface area contributed by atoms with Crippen molar-refractivity contribution in [2.75, 3.05) is 13.1 Å². The molecule has 1 aromatic carbocycles. The van der Waals surface area contributed by atoms with Crippen molar-refractivity contribution in [3.63, 3.8) is 0 Å². The van der Waals surface area contributed by atoms with E-state index in [0.717, 1.165) is 29.5 Å². The molecule has 2 aromatic rings. The molecule has 0 amide bonds. The SMILES string of the molecule is CC1CC(CN)CN1Cc1nc(-c2cccc(Br)c2)no1.Cl. The summed E-state index contributed by atoms with van der Waals surface area (Å²) >= 11 is 3.45. The van der Waals surface area contributed by atoms with E-state index in [0.29, 0.717) is 30.2 Å². The predicted octanol–water partition coefficient (Wildman–Crippen LogP) is 3.09. The van der Waals surface area contributed by atoms with Crippen LogP contribution >= 0.6 is 28.3 Å². The smallest absolute Gasteiger partial charge is 0.241 e. The lowest BCUT2D eigenvalue weighted by molar-refractivity contribution is 0.218. The molecule has 0 saturated carbocycles. The molecule has 1 saturated heterocycles. The zero-order chi connectivity index (χ0) is 14.8. The molecule has 0 aliphatic carbocycles. The van der Waals surface area contributed by atoms with Crippen molar-refractivity contribution in [3.8, 4) is 11.4 Å². The van der Waals surface area contributed by atoms with Crippen molar-refractivity contribution in [1.82, 2.24) is 15.0 Å². The number of nitrogens with zero attached hydrogens (tertiary/aromatic N) is 3. The molecule has 1 aromatic heterocycles. The molecule has 2 N–H and O–H groups in total. The molecule has 0 radical (unpaired) electrons. The van der Waals surface area contributed by atoms with E-state index in [9.17, 15) is 0 Å². The van der Waals surface area contributed by atoms with Crippen LogP contribution < -0.4 is 5.73 Å². The van der Waals surface area contributed by atoms with Gasteiger partial charge in [0, 0.05) is 22.6 Å². The van der Waals surface area contributed by atoms with Gasteiger partial charge in [-0.1, -0.05) is 33.2 Å². The summed E-state index contributed by atoms with van der Waals surface area (Å²) in [4.78, 5) is 6.86. The van der Waals surface area contributed by atoms with Crippen molar-refractivity contribution in [3.05, 3.63) is 34.6 Å². The average molecular weight is 388 g/mol. The second-order valence-electron chi connectivity index (χ2n) is 5.64. The van der Waals surface area contributed by atoms with E-state index in [4.69, 9.17) is 10.3 Å². The topological polar surface area (TPSA) is 68.2 Å². The number of hydrogen-bond acceptors (Lipinski definition) is 5. The quantitative estimate of drug-likeness (QED) is 0.873. The first kappa shape index (κ1) is 17.4. The van der Waals surface area contributed by atoms with Gasteiger partial charge in [-0.05, 0) is 37.9 Å². The third-order valence-corrected chi connectivity index (χ3v) is 4.51. The minimum absolute atomic E-state index is 0. The highest BCUT2D eigenvalue weighted by atomic mass is 79.9. The Hall–Kier alpha value is -0.950. The van der Waals surface area contributed by atoms with Gasteiger partial charge in [-0.15, -0.1) is 12.4 Å². The maximum atomic E-state index is 5.76. The van der Waals surface area contributed by atoms with E-state index in [1.54, 1.807) is 0 Å². The summed E-state index contributed by atoms with van der Waals surface area (Å²) in [6.07, 6.45) is 1.14. The third-order valence-electron chi connectivity index (χ3n) is 4.01. The lowest BCUT2D eigenvalue weighted by Gasteiger charge is -2.18. The van der Waals surface area contributed by atoms with E-state index in [2.05, 4.69) is 37.9 Å². The number of aromatic nitrogens is 2. The Morgan fingerprint density at radius 1 is 1.45 bits per heavy atom. The molecule has 1 fully saturated rings. The van der Waals surface area contributed by atoms with Crippen molar-refractivity contribution >= 4 is 28.3 Å². The van der Waals surface area contributed by atoms with E-state index in [-0.39, 0.29) is 12.4 Å². The van der Waals surface area contributed by atoms with Crippen LogP contribution in [0.4, 0.5) is 0 Å². The van der Waals surface area contributed by atoms with Gasteiger partial charge in [-0.3, -0.25) is 4.90 Å². The van der Waals surface area contributed by atoms with Crippen LogP contribution in [0.15, 0.2) is 33.3 Å². The first-order valence-electron chi connectivity index (χ1n) is 7.18. The molecule has 1 aliphatic rings. The van der Waals surface area contributed by atoms with Crippen molar-refractivity contribution in [2.24, 2.45) is 11.7 Å². The zero-order valence-electron chi connectivity index (χ0n) is 12.4. The van der Waals surface area contributed by atoms with Gasteiger partial charge in [-0.2, -0.15) is 4.98 Å². The second kappa shape index (κ2) is 7.55. The van der Waals surface area contributed by atoms with E-state index >= 15 is 0 Å². The summed E-state index contributed by atoms with van der Waals surface area (Å²) in [5.74, 6) is 1.87. The van der Waals surface area contributed by atoms with Gasteiger partial charge in [0.1, 0.15) is 0 Å². The maximum Gasteiger partial charge on any atom is 0.241 e. The highest BCUT2D eigenvalue weighted by Gasteiger charge is 2.29. The van der Waals surface area contributed by atoms with Gasteiger partial charge in [0.25, 0.3) is 0 Å². The molecule has 2 heterocycles. The molecular formula is C15H20BrClN4O. The number of nitrogens with two attached hydrogens (primary N) is 1. The molecule has 2 atom stereocenters. The van der Waals surface area contributed by atoms with Gasteiger partial charge in [0.2, 0.25) is 11.7 Å². The fourth-order valence-corrected chi connectivity index (χ4v) is 3.25. The van der Waals surface area contributed by atoms with Crippen molar-refractivity contribution in [2.45, 2.75) is 25.9 Å². The maximum absolute atomic E-state index is 5.76. The Morgan fingerprint density at radius 2 is 2.27 bits per heavy atom. The summed E-state index contributed by atoms with van der Waals surface area (Å²) in [5.41, 5.74) is 6.72. The molecular weight excluding hydrogens is 368 g/mol. The zero-order valence-corrected chi connectivity index (χ0v) is 14.8. The molecule has 7 heteroatoms. The molecule has 0 bridgehead atoms. The standard InChI is InChI=1S/C15H19BrN4O.ClH/c1-10-5-11(7-17)8-20(10)9-14-18-15(19-21-14)12-3-2-4-13(16)6-12;/h2-4,6,10-11H,5,7-9,17H2,1H3;1H. The minimum Gasteiger partial charge on any atom is -0.338 e. The van der Waals surface area contributed by atoms with Gasteiger partial charge >= 0.3 is 0 Å². The normalized spacial score (nSPS) is 21.8. The van der Waals surface area contributed by atoms with Crippen molar-refractivity contribution in [1.29, 1.82) is 0 Å². The Bertz CT molecular complexity index is 621. The van der Waals surface area contributed by atoms with Crippen LogP contribution in [-0.4, -0.2) is 34.2 Å². The summed E-state index contributed by atoms with van der Waals surface area (Å²) < 4.78 is 6.39. The van der Waals surface area contributed by atoms with Crippen LogP contribution in [0.25, 0.3) is 11.4 Å². The largest absolute Gasteiger partial charge is 0.338 e. The lowest BCUT2D eigenvalue weighted by atomic mass is 10.1. The molecule has 2 unspecified atom stereocenters. The monoisotopic (exact) mass is 386 g/mol. The van der Waals surface area contributed by atoms with Gasteiger partial charge < -0.3 is 10.3 Å². The third kappa shape index (κ3) is 3.87. The van der Waals surface area contributed by atoms with Gasteiger partial charge in [0.15, 0.2) is 0 Å². The van der Waals surface area contributed by atoms with E-state index < -0.39 is 0 Å². The van der Waals surface area contributed by atoms with Crippen LogP contribution in [0.5, 0.6) is 0 Å². The summed E-state index contributed by atoms with van der Waals surface area (Å²) in [7, 11) is 0. The summed E-state index contributed by atoms with van der Waals surface area (Å²) in [5, 5.41) is 4.08. The molecule has 120 valence electrons. The first-order chi connectivity index (χ1) is 10.2. The first-order valence-corrected chi connectivity index (χ1v) is 7.97. The molecule has 3 rings (SSSR count). The van der Waals surface area contributed by atoms with Crippen molar-refractivity contribution < 1.29 is 4.52 Å². The predicted molar refractivity (Wildman–Crippen MR) is 91.7 cm³/mol. The van der Waals surface area contributed by atoms with Crippen LogP contribution in [0.1, 0.15) is 19.2 Å². The van der Waals surface area contributed by atoms with E-state index in [1.165, 1.54) is 0 Å². The summed E-state index contributed by atoms with van der Waals surface area (Å²) in [6.45, 7) is 4.67.